The lowest BCUT2D eigenvalue weighted by Crippen LogP contribution is -2.28. The number of hydrogen-bond donors (Lipinski definition) is 1. The van der Waals surface area contributed by atoms with Gasteiger partial charge in [0.05, 0.1) is 21.8 Å². The van der Waals surface area contributed by atoms with Crippen LogP contribution in [0.3, 0.4) is 0 Å². The molecule has 1 heterocycles. The number of amides is 1. The van der Waals surface area contributed by atoms with Crippen LogP contribution in [-0.4, -0.2) is 15.4 Å². The SMILES string of the molecule is Cc1cc([N+](=O)[O-])cn(CC(=O)Nc2ccccc2Cl)c1=O. The van der Waals surface area contributed by atoms with Gasteiger partial charge >= 0.3 is 0 Å². The molecule has 8 heteroatoms. The fraction of sp³-hybridized carbons (Fsp3) is 0.143. The van der Waals surface area contributed by atoms with Crippen LogP contribution in [0, 0.1) is 17.0 Å². The lowest BCUT2D eigenvalue weighted by atomic mass is 10.3. The topological polar surface area (TPSA) is 94.2 Å². The monoisotopic (exact) mass is 321 g/mol. The molecule has 0 spiro atoms. The standard InChI is InChI=1S/C14H12ClN3O4/c1-9-6-10(18(21)22)7-17(14(9)20)8-13(19)16-12-5-3-2-4-11(12)15/h2-7H,8H2,1H3,(H,16,19). The molecule has 114 valence electrons. The lowest BCUT2D eigenvalue weighted by Gasteiger charge is -2.09. The van der Waals surface area contributed by atoms with Crippen molar-refractivity contribution in [3.05, 3.63) is 67.6 Å². The van der Waals surface area contributed by atoms with Crippen molar-refractivity contribution in [2.24, 2.45) is 0 Å². The Bertz CT molecular complexity index is 801. The zero-order valence-electron chi connectivity index (χ0n) is 11.6. The van der Waals surface area contributed by atoms with E-state index < -0.39 is 16.4 Å². The van der Waals surface area contributed by atoms with Gasteiger partial charge in [0.2, 0.25) is 5.91 Å². The second kappa shape index (κ2) is 6.40. The fourth-order valence-electron chi connectivity index (χ4n) is 1.89. The zero-order chi connectivity index (χ0) is 16.3. The molecule has 22 heavy (non-hydrogen) atoms. The molecule has 0 bridgehead atoms. The van der Waals surface area contributed by atoms with Crippen molar-refractivity contribution in [2.45, 2.75) is 13.5 Å². The van der Waals surface area contributed by atoms with Gasteiger partial charge in [-0.25, -0.2) is 0 Å². The molecule has 1 aromatic carbocycles. The Hall–Kier alpha value is -2.67. The molecule has 2 aromatic rings. The van der Waals surface area contributed by atoms with E-state index in [1.165, 1.54) is 13.0 Å². The van der Waals surface area contributed by atoms with Gasteiger partial charge in [-0.3, -0.25) is 24.3 Å². The molecule has 0 aliphatic carbocycles. The maximum absolute atomic E-state index is 12.0. The minimum absolute atomic E-state index is 0.194. The molecule has 7 nitrogen and oxygen atoms in total. The van der Waals surface area contributed by atoms with E-state index in [4.69, 9.17) is 11.6 Å². The molecule has 1 N–H and O–H groups in total. The third kappa shape index (κ3) is 3.50. The van der Waals surface area contributed by atoms with Gasteiger partial charge < -0.3 is 5.32 Å². The second-order valence-corrected chi connectivity index (χ2v) is 5.01. The van der Waals surface area contributed by atoms with Crippen LogP contribution in [0.25, 0.3) is 0 Å². The Morgan fingerprint density at radius 2 is 2.09 bits per heavy atom. The number of rotatable bonds is 4. The third-order valence-corrected chi connectivity index (χ3v) is 3.25. The number of halogens is 1. The summed E-state index contributed by atoms with van der Waals surface area (Å²) >= 11 is 5.92. The summed E-state index contributed by atoms with van der Waals surface area (Å²) in [4.78, 5) is 34.1. The average molecular weight is 322 g/mol. The molecular formula is C14H12ClN3O4. The summed E-state index contributed by atoms with van der Waals surface area (Å²) in [6.45, 7) is 1.12. The molecule has 0 saturated heterocycles. The van der Waals surface area contributed by atoms with Gasteiger partial charge in [-0.15, -0.1) is 0 Å². The van der Waals surface area contributed by atoms with Gasteiger partial charge in [-0.1, -0.05) is 23.7 Å². The first-order valence-electron chi connectivity index (χ1n) is 6.28. The van der Waals surface area contributed by atoms with Gasteiger partial charge in [0, 0.05) is 11.6 Å². The third-order valence-electron chi connectivity index (χ3n) is 2.92. The Morgan fingerprint density at radius 3 is 2.73 bits per heavy atom. The molecule has 1 amide bonds. The van der Waals surface area contributed by atoms with E-state index in [0.29, 0.717) is 10.7 Å². The van der Waals surface area contributed by atoms with Gasteiger partial charge in [-0.05, 0) is 19.1 Å². The highest BCUT2D eigenvalue weighted by atomic mass is 35.5. The first-order valence-corrected chi connectivity index (χ1v) is 6.66. The highest BCUT2D eigenvalue weighted by Gasteiger charge is 2.14. The molecule has 0 unspecified atom stereocenters. The van der Waals surface area contributed by atoms with E-state index in [1.54, 1.807) is 24.3 Å². The van der Waals surface area contributed by atoms with Crippen molar-refractivity contribution in [1.29, 1.82) is 0 Å². The van der Waals surface area contributed by atoms with Crippen LogP contribution < -0.4 is 10.9 Å². The normalized spacial score (nSPS) is 10.3. The van der Waals surface area contributed by atoms with E-state index in [9.17, 15) is 19.7 Å². The Morgan fingerprint density at radius 1 is 1.41 bits per heavy atom. The lowest BCUT2D eigenvalue weighted by molar-refractivity contribution is -0.385. The maximum Gasteiger partial charge on any atom is 0.286 e. The van der Waals surface area contributed by atoms with E-state index in [2.05, 4.69) is 5.32 Å². The largest absolute Gasteiger partial charge is 0.323 e. The highest BCUT2D eigenvalue weighted by Crippen LogP contribution is 2.20. The molecule has 2 rings (SSSR count). The Balaban J connectivity index is 2.23. The minimum Gasteiger partial charge on any atom is -0.323 e. The number of carbonyl (C=O) groups excluding carboxylic acids is 1. The van der Waals surface area contributed by atoms with Crippen molar-refractivity contribution < 1.29 is 9.72 Å². The quantitative estimate of drug-likeness (QED) is 0.690. The van der Waals surface area contributed by atoms with Gasteiger partial charge in [0.15, 0.2) is 0 Å². The first-order chi connectivity index (χ1) is 10.4. The van der Waals surface area contributed by atoms with Crippen LogP contribution >= 0.6 is 11.6 Å². The summed E-state index contributed by atoms with van der Waals surface area (Å²) in [5.74, 6) is -0.505. The van der Waals surface area contributed by atoms with E-state index in [1.807, 2.05) is 0 Å². The highest BCUT2D eigenvalue weighted by molar-refractivity contribution is 6.33. The number of carbonyl (C=O) groups is 1. The maximum atomic E-state index is 12.0. The van der Waals surface area contributed by atoms with Crippen LogP contribution in [0.5, 0.6) is 0 Å². The van der Waals surface area contributed by atoms with Crippen LogP contribution in [0.2, 0.25) is 5.02 Å². The fourth-order valence-corrected chi connectivity index (χ4v) is 2.07. The van der Waals surface area contributed by atoms with Crippen molar-refractivity contribution >= 4 is 28.9 Å². The van der Waals surface area contributed by atoms with Gasteiger partial charge in [0.1, 0.15) is 6.54 Å². The number of aryl methyl sites for hydroxylation is 1. The molecule has 0 atom stereocenters. The summed E-state index contributed by atoms with van der Waals surface area (Å²) in [6.07, 6.45) is 1.04. The van der Waals surface area contributed by atoms with Crippen molar-refractivity contribution in [3.8, 4) is 0 Å². The number of para-hydroxylation sites is 1. The predicted molar refractivity (Wildman–Crippen MR) is 82.2 cm³/mol. The number of nitrogens with zero attached hydrogens (tertiary/aromatic N) is 2. The number of benzene rings is 1. The van der Waals surface area contributed by atoms with Crippen LogP contribution in [-0.2, 0) is 11.3 Å². The average Bonchev–Trinajstić information content (AvgIpc) is 2.46. The van der Waals surface area contributed by atoms with Crippen LogP contribution in [0.1, 0.15) is 5.56 Å². The van der Waals surface area contributed by atoms with Gasteiger partial charge in [-0.2, -0.15) is 0 Å². The first kappa shape index (κ1) is 15.7. The molecule has 0 fully saturated rings. The van der Waals surface area contributed by atoms with Crippen LogP contribution in [0.4, 0.5) is 11.4 Å². The molecule has 0 saturated carbocycles. The zero-order valence-corrected chi connectivity index (χ0v) is 12.3. The minimum atomic E-state index is -0.616. The summed E-state index contributed by atoms with van der Waals surface area (Å²) in [7, 11) is 0. The predicted octanol–water partition coefficient (Wildman–Crippen LogP) is 2.36. The van der Waals surface area contributed by atoms with E-state index >= 15 is 0 Å². The number of pyridine rings is 1. The number of nitro groups is 1. The summed E-state index contributed by atoms with van der Waals surface area (Å²) in [5, 5.41) is 13.7. The number of aromatic nitrogens is 1. The Labute approximate surface area is 130 Å². The molecule has 0 aliphatic rings. The Kier molecular flexibility index (Phi) is 4.57. The summed E-state index contributed by atoms with van der Waals surface area (Å²) < 4.78 is 1.000. The van der Waals surface area contributed by atoms with Crippen molar-refractivity contribution in [1.82, 2.24) is 4.57 Å². The number of nitrogens with one attached hydrogen (secondary N) is 1. The van der Waals surface area contributed by atoms with Crippen LogP contribution in [0.15, 0.2) is 41.3 Å². The van der Waals surface area contributed by atoms with Crippen molar-refractivity contribution in [3.63, 3.8) is 0 Å². The molecule has 0 radical (unpaired) electrons. The molecular weight excluding hydrogens is 310 g/mol. The molecule has 1 aromatic heterocycles. The van der Waals surface area contributed by atoms with E-state index in [-0.39, 0.29) is 17.8 Å². The second-order valence-electron chi connectivity index (χ2n) is 4.60. The van der Waals surface area contributed by atoms with E-state index in [0.717, 1.165) is 10.8 Å². The van der Waals surface area contributed by atoms with Crippen molar-refractivity contribution in [2.75, 3.05) is 5.32 Å². The summed E-state index contributed by atoms with van der Waals surface area (Å²) in [5.41, 5.74) is -0.105. The number of hydrogen-bond acceptors (Lipinski definition) is 4. The number of anilines is 1. The smallest absolute Gasteiger partial charge is 0.286 e. The summed E-state index contributed by atoms with van der Waals surface area (Å²) in [6, 6.07) is 7.81. The van der Waals surface area contributed by atoms with Gasteiger partial charge in [0.25, 0.3) is 11.2 Å². The molecule has 0 aliphatic heterocycles.